The van der Waals surface area contributed by atoms with Gasteiger partial charge in [-0.1, -0.05) is 20.8 Å². The number of nitrogens with zero attached hydrogens (tertiary/aromatic N) is 3. The van der Waals surface area contributed by atoms with E-state index in [0.29, 0.717) is 12.0 Å². The molecule has 0 saturated carbocycles. The van der Waals surface area contributed by atoms with Gasteiger partial charge < -0.3 is 10.2 Å². The lowest BCUT2D eigenvalue weighted by Crippen LogP contribution is -2.46. The molecule has 0 aliphatic carbocycles. The van der Waals surface area contributed by atoms with Gasteiger partial charge in [0.2, 0.25) is 5.91 Å². The Bertz CT molecular complexity index is 699. The molecular weight excluding hydrogens is 320 g/mol. The van der Waals surface area contributed by atoms with Crippen LogP contribution in [-0.4, -0.2) is 35.0 Å². The highest BCUT2D eigenvalue weighted by molar-refractivity contribution is 7.17. The maximum Gasteiger partial charge on any atom is 0.222 e. The second kappa shape index (κ2) is 7.47. The summed E-state index contributed by atoms with van der Waals surface area (Å²) in [5, 5.41) is 5.14. The second-order valence-corrected chi connectivity index (χ2v) is 7.86. The smallest absolute Gasteiger partial charge is 0.222 e. The summed E-state index contributed by atoms with van der Waals surface area (Å²) in [5.41, 5.74) is 1.02. The number of thiophene rings is 1. The van der Waals surface area contributed by atoms with E-state index in [1.54, 1.807) is 17.7 Å². The molecule has 24 heavy (non-hydrogen) atoms. The second-order valence-electron chi connectivity index (χ2n) is 6.95. The Hall–Kier alpha value is -1.69. The van der Waals surface area contributed by atoms with Gasteiger partial charge in [-0.25, -0.2) is 9.97 Å². The summed E-state index contributed by atoms with van der Waals surface area (Å²) in [6.45, 7) is 7.92. The summed E-state index contributed by atoms with van der Waals surface area (Å²) in [6, 6.07) is 2.46. The van der Waals surface area contributed by atoms with Crippen LogP contribution in [0, 0.1) is 11.8 Å². The van der Waals surface area contributed by atoms with Crippen LogP contribution >= 0.6 is 11.3 Å². The highest BCUT2D eigenvalue weighted by Crippen LogP contribution is 2.34. The van der Waals surface area contributed by atoms with Crippen molar-refractivity contribution < 1.29 is 4.79 Å². The highest BCUT2D eigenvalue weighted by atomic mass is 32.1. The number of hydrogen-bond donors (Lipinski definition) is 1. The first-order valence-corrected chi connectivity index (χ1v) is 9.68. The summed E-state index contributed by atoms with van der Waals surface area (Å²) in [5.74, 6) is 1.83. The predicted molar refractivity (Wildman–Crippen MR) is 99.4 cm³/mol. The van der Waals surface area contributed by atoms with E-state index in [-0.39, 0.29) is 11.8 Å². The zero-order valence-electron chi connectivity index (χ0n) is 14.7. The van der Waals surface area contributed by atoms with Gasteiger partial charge in [-0.05, 0) is 36.6 Å². The Balaban J connectivity index is 1.77. The molecule has 3 heterocycles. The van der Waals surface area contributed by atoms with E-state index < -0.39 is 0 Å². The molecule has 3 rings (SSSR count). The van der Waals surface area contributed by atoms with Gasteiger partial charge in [-0.2, -0.15) is 0 Å². The van der Waals surface area contributed by atoms with Crippen molar-refractivity contribution in [3.8, 4) is 0 Å². The topological polar surface area (TPSA) is 58.1 Å². The minimum Gasteiger partial charge on any atom is -0.356 e. The van der Waals surface area contributed by atoms with Crippen LogP contribution < -0.4 is 10.2 Å². The fourth-order valence-corrected chi connectivity index (χ4v) is 4.33. The van der Waals surface area contributed by atoms with E-state index >= 15 is 0 Å². The average molecular weight is 346 g/mol. The molecule has 6 heteroatoms. The molecule has 2 atom stereocenters. The average Bonchev–Trinajstić information content (AvgIpc) is 3.04. The number of piperidine rings is 1. The van der Waals surface area contributed by atoms with Gasteiger partial charge in [-0.3, -0.25) is 4.79 Å². The molecular formula is C18H26N4OS. The standard InChI is InChI=1S/C18H26N4OS/c1-12(2)18(23)19-8-6-15-13(3)5-4-9-22(15)17-16-14(7-10-24-16)20-11-21-17/h7,10-13,15H,4-6,8-9H2,1-3H3,(H,19,23). The molecule has 130 valence electrons. The van der Waals surface area contributed by atoms with Crippen LogP contribution in [0.15, 0.2) is 17.8 Å². The number of anilines is 1. The Morgan fingerprint density at radius 3 is 3.08 bits per heavy atom. The number of hydrogen-bond acceptors (Lipinski definition) is 5. The first-order chi connectivity index (χ1) is 11.6. The summed E-state index contributed by atoms with van der Waals surface area (Å²) in [6.07, 6.45) is 5.04. The number of amides is 1. The third-order valence-corrected chi connectivity index (χ3v) is 5.78. The van der Waals surface area contributed by atoms with E-state index in [1.165, 1.54) is 17.5 Å². The minimum atomic E-state index is 0.0393. The molecule has 0 bridgehead atoms. The molecule has 1 saturated heterocycles. The molecule has 1 aliphatic heterocycles. The van der Waals surface area contributed by atoms with E-state index in [2.05, 4.69) is 38.6 Å². The molecule has 5 nitrogen and oxygen atoms in total. The lowest BCUT2D eigenvalue weighted by Gasteiger charge is -2.41. The zero-order chi connectivity index (χ0) is 17.1. The van der Waals surface area contributed by atoms with Crippen LogP contribution in [0.25, 0.3) is 10.2 Å². The maximum atomic E-state index is 11.8. The number of fused-ring (bicyclic) bond motifs is 1. The van der Waals surface area contributed by atoms with Crippen molar-refractivity contribution in [1.29, 1.82) is 0 Å². The lowest BCUT2D eigenvalue weighted by molar-refractivity contribution is -0.124. The third kappa shape index (κ3) is 3.53. The van der Waals surface area contributed by atoms with Crippen LogP contribution in [0.1, 0.15) is 40.0 Å². The summed E-state index contributed by atoms with van der Waals surface area (Å²) in [7, 11) is 0. The number of nitrogens with one attached hydrogen (secondary N) is 1. The predicted octanol–water partition coefficient (Wildman–Crippen LogP) is 3.46. The van der Waals surface area contributed by atoms with Crippen LogP contribution in [0.2, 0.25) is 0 Å². The van der Waals surface area contributed by atoms with Crippen molar-refractivity contribution >= 4 is 33.3 Å². The molecule has 1 N–H and O–H groups in total. The molecule has 0 aromatic carbocycles. The fourth-order valence-electron chi connectivity index (χ4n) is 3.48. The molecule has 1 aliphatic rings. The first kappa shape index (κ1) is 17.1. The highest BCUT2D eigenvalue weighted by Gasteiger charge is 2.30. The number of rotatable bonds is 5. The molecule has 2 aromatic rings. The third-order valence-electron chi connectivity index (χ3n) is 4.88. The van der Waals surface area contributed by atoms with Gasteiger partial charge in [0.15, 0.2) is 0 Å². The van der Waals surface area contributed by atoms with Gasteiger partial charge in [0, 0.05) is 25.0 Å². The van der Waals surface area contributed by atoms with Crippen LogP contribution in [0.4, 0.5) is 5.82 Å². The first-order valence-electron chi connectivity index (χ1n) is 8.80. The molecule has 2 unspecified atom stereocenters. The van der Waals surface area contributed by atoms with Crippen molar-refractivity contribution in [3.63, 3.8) is 0 Å². The van der Waals surface area contributed by atoms with E-state index in [9.17, 15) is 4.79 Å². The van der Waals surface area contributed by atoms with Crippen molar-refractivity contribution in [1.82, 2.24) is 15.3 Å². The normalized spacial score (nSPS) is 21.4. The summed E-state index contributed by atoms with van der Waals surface area (Å²) < 4.78 is 1.17. The Labute approximate surface area is 147 Å². The van der Waals surface area contributed by atoms with Gasteiger partial charge in [0.25, 0.3) is 0 Å². The van der Waals surface area contributed by atoms with Crippen molar-refractivity contribution in [2.45, 2.75) is 46.1 Å². The number of carbonyl (C=O) groups is 1. The molecule has 1 amide bonds. The van der Waals surface area contributed by atoms with Crippen molar-refractivity contribution in [2.75, 3.05) is 18.0 Å². The zero-order valence-corrected chi connectivity index (χ0v) is 15.5. The van der Waals surface area contributed by atoms with Crippen molar-refractivity contribution in [3.05, 3.63) is 17.8 Å². The minimum absolute atomic E-state index is 0.0393. The fraction of sp³-hybridized carbons (Fsp3) is 0.611. The summed E-state index contributed by atoms with van der Waals surface area (Å²) >= 11 is 1.71. The quantitative estimate of drug-likeness (QED) is 0.901. The maximum absolute atomic E-state index is 11.8. The summed E-state index contributed by atoms with van der Waals surface area (Å²) in [4.78, 5) is 23.2. The van der Waals surface area contributed by atoms with E-state index in [4.69, 9.17) is 0 Å². The Morgan fingerprint density at radius 1 is 1.46 bits per heavy atom. The molecule has 2 aromatic heterocycles. The number of aromatic nitrogens is 2. The van der Waals surface area contributed by atoms with E-state index in [1.807, 2.05) is 13.8 Å². The lowest BCUT2D eigenvalue weighted by atomic mass is 9.88. The van der Waals surface area contributed by atoms with Gasteiger partial charge in [0.05, 0.1) is 10.2 Å². The Kier molecular flexibility index (Phi) is 5.33. The number of carbonyl (C=O) groups excluding carboxylic acids is 1. The molecule has 0 spiro atoms. The monoisotopic (exact) mass is 346 g/mol. The van der Waals surface area contributed by atoms with Crippen molar-refractivity contribution in [2.24, 2.45) is 11.8 Å². The van der Waals surface area contributed by atoms with Crippen LogP contribution in [-0.2, 0) is 4.79 Å². The van der Waals surface area contributed by atoms with E-state index in [0.717, 1.165) is 30.8 Å². The largest absolute Gasteiger partial charge is 0.356 e. The van der Waals surface area contributed by atoms with Gasteiger partial charge in [-0.15, -0.1) is 11.3 Å². The van der Waals surface area contributed by atoms with Crippen LogP contribution in [0.3, 0.4) is 0 Å². The van der Waals surface area contributed by atoms with Crippen LogP contribution in [0.5, 0.6) is 0 Å². The molecule has 1 fully saturated rings. The Morgan fingerprint density at radius 2 is 2.29 bits per heavy atom. The SMILES string of the molecule is CC(C)C(=O)NCCC1C(C)CCCN1c1ncnc2ccsc12. The van der Waals surface area contributed by atoms with Gasteiger partial charge in [0.1, 0.15) is 12.1 Å². The van der Waals surface area contributed by atoms with Gasteiger partial charge >= 0.3 is 0 Å². The molecule has 0 radical (unpaired) electrons.